The van der Waals surface area contributed by atoms with Crippen molar-refractivity contribution in [2.24, 2.45) is 5.92 Å². The lowest BCUT2D eigenvalue weighted by molar-refractivity contribution is 0.151. The lowest BCUT2D eigenvalue weighted by Gasteiger charge is -2.31. The molecule has 2 fully saturated rings. The monoisotopic (exact) mass is 268 g/mol. The topological polar surface area (TPSA) is 51.1 Å². The van der Waals surface area contributed by atoms with E-state index >= 15 is 0 Å². The summed E-state index contributed by atoms with van der Waals surface area (Å²) in [6.07, 6.45) is 9.66. The molecule has 2 unspecified atom stereocenters. The standard InChI is InChI=1S/C15H16N4O/c1-3-13(9-16-4-1)20-14-8-12-7-11(14)10-19(12)15-17-5-2-6-18-15/h1-6,9,11-12,14H,7-8,10H2/t11?,12?,14-/m1/s1. The van der Waals surface area contributed by atoms with Crippen molar-refractivity contribution in [3.63, 3.8) is 0 Å². The average molecular weight is 268 g/mol. The van der Waals surface area contributed by atoms with Gasteiger partial charge in [0.25, 0.3) is 0 Å². The normalized spacial score (nSPS) is 27.8. The van der Waals surface area contributed by atoms with Crippen molar-refractivity contribution < 1.29 is 4.74 Å². The molecule has 1 saturated heterocycles. The summed E-state index contributed by atoms with van der Waals surface area (Å²) < 4.78 is 6.06. The molecular weight excluding hydrogens is 252 g/mol. The summed E-state index contributed by atoms with van der Waals surface area (Å²) in [5.41, 5.74) is 0. The van der Waals surface area contributed by atoms with Crippen LogP contribution in [0.1, 0.15) is 12.8 Å². The van der Waals surface area contributed by atoms with Crippen LogP contribution in [0.15, 0.2) is 43.0 Å². The van der Waals surface area contributed by atoms with Gasteiger partial charge in [-0.25, -0.2) is 9.97 Å². The number of fused-ring (bicyclic) bond motifs is 2. The van der Waals surface area contributed by atoms with Crippen molar-refractivity contribution in [2.45, 2.75) is 25.0 Å². The van der Waals surface area contributed by atoms with E-state index in [0.29, 0.717) is 18.1 Å². The number of rotatable bonds is 3. The first kappa shape index (κ1) is 11.6. The summed E-state index contributed by atoms with van der Waals surface area (Å²) in [4.78, 5) is 15.1. The van der Waals surface area contributed by atoms with Gasteiger partial charge >= 0.3 is 0 Å². The second-order valence-corrected chi connectivity index (χ2v) is 5.43. The highest BCUT2D eigenvalue weighted by Gasteiger charge is 2.46. The first-order chi connectivity index (χ1) is 9.90. The van der Waals surface area contributed by atoms with Crippen LogP contribution in [0.4, 0.5) is 5.95 Å². The van der Waals surface area contributed by atoms with Gasteiger partial charge in [-0.2, -0.15) is 0 Å². The highest BCUT2D eigenvalue weighted by atomic mass is 16.5. The molecule has 5 heteroatoms. The van der Waals surface area contributed by atoms with E-state index in [1.807, 2.05) is 18.2 Å². The van der Waals surface area contributed by atoms with Crippen LogP contribution in [0.2, 0.25) is 0 Å². The predicted molar refractivity (Wildman–Crippen MR) is 74.5 cm³/mol. The van der Waals surface area contributed by atoms with E-state index in [0.717, 1.165) is 24.7 Å². The molecule has 20 heavy (non-hydrogen) atoms. The van der Waals surface area contributed by atoms with Gasteiger partial charge in [-0.3, -0.25) is 4.98 Å². The van der Waals surface area contributed by atoms with E-state index in [1.54, 1.807) is 24.8 Å². The zero-order valence-electron chi connectivity index (χ0n) is 11.1. The number of hydrogen-bond donors (Lipinski definition) is 0. The minimum atomic E-state index is 0.296. The first-order valence-corrected chi connectivity index (χ1v) is 7.00. The summed E-state index contributed by atoms with van der Waals surface area (Å²) in [5, 5.41) is 0. The predicted octanol–water partition coefficient (Wildman–Crippen LogP) is 1.92. The van der Waals surface area contributed by atoms with E-state index in [2.05, 4.69) is 19.9 Å². The lowest BCUT2D eigenvalue weighted by Crippen LogP contribution is -2.40. The van der Waals surface area contributed by atoms with Crippen molar-refractivity contribution in [1.82, 2.24) is 15.0 Å². The summed E-state index contributed by atoms with van der Waals surface area (Å²) in [6, 6.07) is 6.24. The van der Waals surface area contributed by atoms with Gasteiger partial charge in [0.1, 0.15) is 11.9 Å². The molecule has 0 N–H and O–H groups in total. The Hall–Kier alpha value is -2.17. The summed E-state index contributed by atoms with van der Waals surface area (Å²) in [5.74, 6) is 2.27. The molecule has 3 heterocycles. The van der Waals surface area contributed by atoms with Crippen LogP contribution in [0, 0.1) is 5.92 Å². The van der Waals surface area contributed by atoms with Crippen molar-refractivity contribution >= 4 is 5.95 Å². The summed E-state index contributed by atoms with van der Waals surface area (Å²) in [6.45, 7) is 0.986. The molecule has 2 aromatic heterocycles. The number of anilines is 1. The van der Waals surface area contributed by atoms with Crippen LogP contribution in [-0.2, 0) is 0 Å². The quantitative estimate of drug-likeness (QED) is 0.851. The maximum atomic E-state index is 6.06. The van der Waals surface area contributed by atoms with Crippen molar-refractivity contribution in [3.05, 3.63) is 43.0 Å². The van der Waals surface area contributed by atoms with Gasteiger partial charge in [0, 0.05) is 43.5 Å². The molecule has 0 radical (unpaired) electrons. The van der Waals surface area contributed by atoms with E-state index in [4.69, 9.17) is 4.74 Å². The molecule has 4 rings (SSSR count). The minimum Gasteiger partial charge on any atom is -0.488 e. The SMILES string of the molecule is c1cnc(N2CC3CC2C[C@H]3Oc2cccnc2)nc1. The van der Waals surface area contributed by atoms with Gasteiger partial charge in [-0.1, -0.05) is 0 Å². The summed E-state index contributed by atoms with van der Waals surface area (Å²) >= 11 is 0. The van der Waals surface area contributed by atoms with Crippen LogP contribution in [0.3, 0.4) is 0 Å². The first-order valence-electron chi connectivity index (χ1n) is 7.00. The molecule has 2 aliphatic rings. The number of piperidine rings is 1. The third-order valence-electron chi connectivity index (χ3n) is 4.21. The Labute approximate surface area is 117 Å². The number of pyridine rings is 1. The third-order valence-corrected chi connectivity index (χ3v) is 4.21. The van der Waals surface area contributed by atoms with Crippen molar-refractivity contribution in [1.29, 1.82) is 0 Å². The molecule has 1 aliphatic carbocycles. The largest absolute Gasteiger partial charge is 0.488 e. The molecule has 5 nitrogen and oxygen atoms in total. The van der Waals surface area contributed by atoms with Crippen molar-refractivity contribution in [2.75, 3.05) is 11.4 Å². The Morgan fingerprint density at radius 3 is 2.70 bits per heavy atom. The molecule has 1 aliphatic heterocycles. The van der Waals surface area contributed by atoms with Crippen molar-refractivity contribution in [3.8, 4) is 5.75 Å². The Bertz CT molecular complexity index is 577. The Balaban J connectivity index is 1.45. The summed E-state index contributed by atoms with van der Waals surface area (Å²) in [7, 11) is 0. The van der Waals surface area contributed by atoms with Gasteiger partial charge in [-0.15, -0.1) is 0 Å². The maximum absolute atomic E-state index is 6.06. The van der Waals surface area contributed by atoms with Gasteiger partial charge in [-0.05, 0) is 24.6 Å². The van der Waals surface area contributed by atoms with Crippen LogP contribution >= 0.6 is 0 Å². The van der Waals surface area contributed by atoms with Crippen LogP contribution in [-0.4, -0.2) is 33.6 Å². The molecule has 2 aromatic rings. The Kier molecular flexibility index (Phi) is 2.76. The van der Waals surface area contributed by atoms with Crippen LogP contribution in [0.5, 0.6) is 5.75 Å². The number of ether oxygens (including phenoxy) is 1. The minimum absolute atomic E-state index is 0.296. The third kappa shape index (κ3) is 1.99. The van der Waals surface area contributed by atoms with Crippen LogP contribution < -0.4 is 9.64 Å². The smallest absolute Gasteiger partial charge is 0.225 e. The Morgan fingerprint density at radius 2 is 2.00 bits per heavy atom. The molecule has 1 saturated carbocycles. The van der Waals surface area contributed by atoms with Gasteiger partial charge in [0.2, 0.25) is 5.95 Å². The fraction of sp³-hybridized carbons (Fsp3) is 0.400. The molecule has 3 atom stereocenters. The second kappa shape index (κ2) is 4.74. The van der Waals surface area contributed by atoms with Gasteiger partial charge in [0.15, 0.2) is 0 Å². The van der Waals surface area contributed by atoms with Gasteiger partial charge in [0.05, 0.1) is 6.20 Å². The molecule has 0 amide bonds. The van der Waals surface area contributed by atoms with E-state index in [9.17, 15) is 0 Å². The number of nitrogens with zero attached hydrogens (tertiary/aromatic N) is 4. The fourth-order valence-electron chi connectivity index (χ4n) is 3.33. The van der Waals surface area contributed by atoms with E-state index in [1.165, 1.54) is 6.42 Å². The van der Waals surface area contributed by atoms with Crippen LogP contribution in [0.25, 0.3) is 0 Å². The van der Waals surface area contributed by atoms with E-state index < -0.39 is 0 Å². The molecule has 0 spiro atoms. The van der Waals surface area contributed by atoms with Gasteiger partial charge < -0.3 is 9.64 Å². The fourth-order valence-corrected chi connectivity index (χ4v) is 3.33. The maximum Gasteiger partial charge on any atom is 0.225 e. The lowest BCUT2D eigenvalue weighted by atomic mass is 10.1. The zero-order valence-corrected chi connectivity index (χ0v) is 11.1. The molecule has 102 valence electrons. The molecule has 2 bridgehead atoms. The highest BCUT2D eigenvalue weighted by Crippen LogP contribution is 2.40. The van der Waals surface area contributed by atoms with E-state index in [-0.39, 0.29) is 0 Å². The average Bonchev–Trinajstić information content (AvgIpc) is 3.09. The molecular formula is C15H16N4O. The second-order valence-electron chi connectivity index (χ2n) is 5.43. The zero-order chi connectivity index (χ0) is 13.4. The Morgan fingerprint density at radius 1 is 1.10 bits per heavy atom. The highest BCUT2D eigenvalue weighted by molar-refractivity contribution is 5.35. The number of aromatic nitrogens is 3. The molecule has 0 aromatic carbocycles. The number of hydrogen-bond acceptors (Lipinski definition) is 5.